The summed E-state index contributed by atoms with van der Waals surface area (Å²) in [5.41, 5.74) is 0.573. The molecule has 0 amide bonds. The minimum Gasteiger partial charge on any atom is -0.496 e. The molecule has 0 spiro atoms. The molecule has 114 valence electrons. The zero-order chi connectivity index (χ0) is 15.2. The molecule has 3 nitrogen and oxygen atoms in total. The summed E-state index contributed by atoms with van der Waals surface area (Å²) in [6, 6.07) is 6.87. The van der Waals surface area contributed by atoms with Crippen molar-refractivity contribution >= 4 is 11.3 Å². The summed E-state index contributed by atoms with van der Waals surface area (Å²) in [7, 11) is 3.10. The van der Waals surface area contributed by atoms with Crippen molar-refractivity contribution in [2.45, 2.75) is 19.4 Å². The van der Waals surface area contributed by atoms with Crippen molar-refractivity contribution in [1.29, 1.82) is 0 Å². The Morgan fingerprint density at radius 3 is 2.62 bits per heavy atom. The Kier molecular flexibility index (Phi) is 5.59. The smallest absolute Gasteiger partial charge is 0.170 e. The van der Waals surface area contributed by atoms with Gasteiger partial charge in [-0.15, -0.1) is 11.3 Å². The molecule has 0 aliphatic carbocycles. The van der Waals surface area contributed by atoms with E-state index in [1.165, 1.54) is 7.11 Å². The predicted molar refractivity (Wildman–Crippen MR) is 84.0 cm³/mol. The average molecular weight is 309 g/mol. The predicted octanol–water partition coefficient (Wildman–Crippen LogP) is 3.99. The van der Waals surface area contributed by atoms with Crippen molar-refractivity contribution in [1.82, 2.24) is 5.32 Å². The van der Waals surface area contributed by atoms with Crippen LogP contribution in [0.15, 0.2) is 29.6 Å². The highest BCUT2D eigenvalue weighted by Crippen LogP contribution is 2.37. The van der Waals surface area contributed by atoms with Gasteiger partial charge in [0, 0.05) is 5.56 Å². The minimum absolute atomic E-state index is 0.241. The number of rotatable bonds is 7. The van der Waals surface area contributed by atoms with Crippen LogP contribution in [0.5, 0.6) is 11.5 Å². The highest BCUT2D eigenvalue weighted by Gasteiger charge is 2.23. The lowest BCUT2D eigenvalue weighted by atomic mass is 10.0. The summed E-state index contributed by atoms with van der Waals surface area (Å²) in [6.45, 7) is 2.88. The van der Waals surface area contributed by atoms with Crippen LogP contribution >= 0.6 is 11.3 Å². The third kappa shape index (κ3) is 3.36. The van der Waals surface area contributed by atoms with E-state index >= 15 is 0 Å². The van der Waals surface area contributed by atoms with Gasteiger partial charge in [-0.25, -0.2) is 4.39 Å². The zero-order valence-electron chi connectivity index (χ0n) is 12.5. The van der Waals surface area contributed by atoms with Crippen molar-refractivity contribution < 1.29 is 13.9 Å². The van der Waals surface area contributed by atoms with E-state index in [9.17, 15) is 4.39 Å². The summed E-state index contributed by atoms with van der Waals surface area (Å²) < 4.78 is 25.0. The van der Waals surface area contributed by atoms with Gasteiger partial charge >= 0.3 is 0 Å². The summed E-state index contributed by atoms with van der Waals surface area (Å²) in [4.78, 5) is 0.970. The van der Waals surface area contributed by atoms with Crippen molar-refractivity contribution in [3.05, 3.63) is 45.9 Å². The molecular formula is C16H20FNO2S. The molecule has 1 N–H and O–H groups in total. The van der Waals surface area contributed by atoms with E-state index < -0.39 is 0 Å². The first-order chi connectivity index (χ1) is 10.2. The lowest BCUT2D eigenvalue weighted by Gasteiger charge is -2.20. The number of hydrogen-bond donors (Lipinski definition) is 1. The van der Waals surface area contributed by atoms with Crippen molar-refractivity contribution in [2.75, 3.05) is 20.8 Å². The molecular weight excluding hydrogens is 289 g/mol. The second-order valence-corrected chi connectivity index (χ2v) is 5.55. The Bertz CT molecular complexity index is 585. The second-order valence-electron chi connectivity index (χ2n) is 4.60. The normalized spacial score (nSPS) is 12.2. The largest absolute Gasteiger partial charge is 0.496 e. The number of thiophene rings is 1. The molecule has 2 aromatic rings. The van der Waals surface area contributed by atoms with Crippen LogP contribution in [-0.2, 0) is 0 Å². The molecule has 1 unspecified atom stereocenters. The minimum atomic E-state index is -0.330. The second kappa shape index (κ2) is 7.43. The molecule has 0 bridgehead atoms. The summed E-state index contributed by atoms with van der Waals surface area (Å²) in [6.07, 6.45) is 0.968. The fraction of sp³-hybridized carbons (Fsp3) is 0.375. The van der Waals surface area contributed by atoms with Crippen LogP contribution in [0, 0.1) is 5.82 Å². The quantitative estimate of drug-likeness (QED) is 0.839. The van der Waals surface area contributed by atoms with Gasteiger partial charge in [0.05, 0.1) is 25.1 Å². The fourth-order valence-electron chi connectivity index (χ4n) is 2.23. The molecule has 21 heavy (non-hydrogen) atoms. The van der Waals surface area contributed by atoms with Gasteiger partial charge in [0.15, 0.2) is 11.6 Å². The third-order valence-electron chi connectivity index (χ3n) is 3.26. The Morgan fingerprint density at radius 2 is 1.95 bits per heavy atom. The Labute approximate surface area is 128 Å². The van der Waals surface area contributed by atoms with Gasteiger partial charge in [-0.1, -0.05) is 19.1 Å². The number of nitrogens with one attached hydrogen (secondary N) is 1. The van der Waals surface area contributed by atoms with Gasteiger partial charge in [0.2, 0.25) is 0 Å². The molecule has 0 aliphatic rings. The highest BCUT2D eigenvalue weighted by molar-refractivity contribution is 7.10. The number of ether oxygens (including phenoxy) is 2. The molecule has 0 saturated heterocycles. The van der Waals surface area contributed by atoms with Crippen LogP contribution in [0.3, 0.4) is 0 Å². The lowest BCUT2D eigenvalue weighted by Crippen LogP contribution is -2.24. The maximum Gasteiger partial charge on any atom is 0.170 e. The Hall–Kier alpha value is -1.59. The van der Waals surface area contributed by atoms with E-state index in [4.69, 9.17) is 9.47 Å². The first kappa shape index (κ1) is 15.8. The molecule has 0 aliphatic heterocycles. The number of benzene rings is 1. The van der Waals surface area contributed by atoms with Crippen molar-refractivity contribution in [3.63, 3.8) is 0 Å². The number of methoxy groups -OCH3 is 2. The molecule has 0 radical (unpaired) electrons. The van der Waals surface area contributed by atoms with Crippen molar-refractivity contribution in [2.24, 2.45) is 0 Å². The number of halogens is 1. The van der Waals surface area contributed by atoms with E-state index in [0.29, 0.717) is 5.56 Å². The molecule has 2 rings (SSSR count). The summed E-state index contributed by atoms with van der Waals surface area (Å²) in [5, 5.41) is 5.34. The maximum absolute atomic E-state index is 14.6. The van der Waals surface area contributed by atoms with Gasteiger partial charge in [0.25, 0.3) is 0 Å². The zero-order valence-corrected chi connectivity index (χ0v) is 13.3. The van der Waals surface area contributed by atoms with E-state index in [0.717, 1.165) is 23.6 Å². The van der Waals surface area contributed by atoms with E-state index in [2.05, 4.69) is 12.2 Å². The SMILES string of the molecule is CCCNC(c1cccc(OC)c1F)c1sccc1OC. The number of hydrogen-bond acceptors (Lipinski definition) is 4. The van der Waals surface area contributed by atoms with E-state index in [1.54, 1.807) is 36.6 Å². The maximum atomic E-state index is 14.6. The van der Waals surface area contributed by atoms with Gasteiger partial charge in [-0.05, 0) is 30.5 Å². The summed E-state index contributed by atoms with van der Waals surface area (Å²) >= 11 is 1.55. The van der Waals surface area contributed by atoms with E-state index in [-0.39, 0.29) is 17.6 Å². The first-order valence-corrected chi connectivity index (χ1v) is 7.78. The molecule has 1 aromatic carbocycles. The third-order valence-corrected chi connectivity index (χ3v) is 4.22. The Balaban J connectivity index is 2.45. The van der Waals surface area contributed by atoms with Gasteiger partial charge in [0.1, 0.15) is 5.75 Å². The molecule has 0 fully saturated rings. The van der Waals surface area contributed by atoms with Crippen LogP contribution in [0.4, 0.5) is 4.39 Å². The molecule has 5 heteroatoms. The highest BCUT2D eigenvalue weighted by atomic mass is 32.1. The molecule has 0 saturated carbocycles. The monoisotopic (exact) mass is 309 g/mol. The Morgan fingerprint density at radius 1 is 1.19 bits per heavy atom. The topological polar surface area (TPSA) is 30.5 Å². The van der Waals surface area contributed by atoms with Gasteiger partial charge in [-0.3, -0.25) is 0 Å². The van der Waals surface area contributed by atoms with Crippen LogP contribution in [0.1, 0.15) is 29.8 Å². The van der Waals surface area contributed by atoms with Crippen molar-refractivity contribution in [3.8, 4) is 11.5 Å². The standard InChI is InChI=1S/C16H20FNO2S/c1-4-9-18-15(16-13(20-3)8-10-21-16)11-6-5-7-12(19-2)14(11)17/h5-8,10,15,18H,4,9H2,1-3H3. The van der Waals surface area contributed by atoms with E-state index in [1.807, 2.05) is 11.4 Å². The summed E-state index contributed by atoms with van der Waals surface area (Å²) in [5.74, 6) is 0.700. The van der Waals surface area contributed by atoms with Crippen LogP contribution in [0.25, 0.3) is 0 Å². The molecule has 1 atom stereocenters. The average Bonchev–Trinajstić information content (AvgIpc) is 2.97. The first-order valence-electron chi connectivity index (χ1n) is 6.90. The van der Waals surface area contributed by atoms with Crippen LogP contribution < -0.4 is 14.8 Å². The fourth-order valence-corrected chi connectivity index (χ4v) is 3.18. The van der Waals surface area contributed by atoms with Gasteiger partial charge < -0.3 is 14.8 Å². The van der Waals surface area contributed by atoms with Crippen LogP contribution in [-0.4, -0.2) is 20.8 Å². The lowest BCUT2D eigenvalue weighted by molar-refractivity contribution is 0.380. The molecule has 1 heterocycles. The van der Waals surface area contributed by atoms with Gasteiger partial charge in [-0.2, -0.15) is 0 Å². The molecule has 1 aromatic heterocycles. The van der Waals surface area contributed by atoms with Crippen LogP contribution in [0.2, 0.25) is 0 Å².